The van der Waals surface area contributed by atoms with Gasteiger partial charge in [-0.2, -0.15) is 0 Å². The van der Waals surface area contributed by atoms with Crippen LogP contribution in [-0.2, 0) is 19.1 Å². The SMILES string of the molecule is CC(C)COC(=O)CC(O)(Br)C(=O)OCC(C)C. The van der Waals surface area contributed by atoms with E-state index in [1.54, 1.807) is 0 Å². The van der Waals surface area contributed by atoms with Crippen molar-refractivity contribution in [3.8, 4) is 0 Å². The Balaban J connectivity index is 4.19. The van der Waals surface area contributed by atoms with Crippen molar-refractivity contribution in [3.63, 3.8) is 0 Å². The van der Waals surface area contributed by atoms with Crippen molar-refractivity contribution < 1.29 is 24.2 Å². The second-order valence-corrected chi connectivity index (χ2v) is 6.32. The van der Waals surface area contributed by atoms with Crippen LogP contribution in [-0.4, -0.2) is 34.8 Å². The Morgan fingerprint density at radius 3 is 2.00 bits per heavy atom. The Hall–Kier alpha value is -0.620. The average molecular weight is 325 g/mol. The maximum Gasteiger partial charge on any atom is 0.350 e. The summed E-state index contributed by atoms with van der Waals surface area (Å²) in [4.78, 5) is 22.9. The van der Waals surface area contributed by atoms with Gasteiger partial charge >= 0.3 is 11.9 Å². The number of esters is 2. The third kappa shape index (κ3) is 7.66. The fraction of sp³-hybridized carbons (Fsp3) is 0.833. The molecular formula is C12H21BrO5. The zero-order valence-corrected chi connectivity index (χ0v) is 12.8. The molecule has 0 aliphatic heterocycles. The fourth-order valence-electron chi connectivity index (χ4n) is 0.927. The molecule has 0 spiro atoms. The van der Waals surface area contributed by atoms with E-state index >= 15 is 0 Å². The molecule has 0 aromatic heterocycles. The van der Waals surface area contributed by atoms with Crippen LogP contribution in [0.4, 0.5) is 0 Å². The van der Waals surface area contributed by atoms with E-state index in [0.717, 1.165) is 0 Å². The first-order chi connectivity index (χ1) is 8.15. The predicted molar refractivity (Wildman–Crippen MR) is 70.1 cm³/mol. The number of aliphatic hydroxyl groups is 1. The lowest BCUT2D eigenvalue weighted by molar-refractivity contribution is -0.163. The number of alkyl halides is 1. The van der Waals surface area contributed by atoms with Crippen LogP contribution in [0.5, 0.6) is 0 Å². The third-order valence-electron chi connectivity index (χ3n) is 1.82. The van der Waals surface area contributed by atoms with Gasteiger partial charge in [-0.05, 0) is 27.8 Å². The molecule has 0 rings (SSSR count). The first-order valence-corrected chi connectivity index (χ1v) is 6.68. The summed E-state index contributed by atoms with van der Waals surface area (Å²) in [6, 6.07) is 0. The fourth-order valence-corrected chi connectivity index (χ4v) is 1.27. The van der Waals surface area contributed by atoms with Gasteiger partial charge in [0.15, 0.2) is 0 Å². The van der Waals surface area contributed by atoms with Crippen molar-refractivity contribution in [1.82, 2.24) is 0 Å². The summed E-state index contributed by atoms with van der Waals surface area (Å²) >= 11 is 2.79. The van der Waals surface area contributed by atoms with Gasteiger partial charge in [-0.25, -0.2) is 4.79 Å². The number of hydrogen-bond donors (Lipinski definition) is 1. The molecule has 0 aromatic rings. The molecule has 0 aliphatic rings. The quantitative estimate of drug-likeness (QED) is 0.571. The Labute approximate surface area is 116 Å². The van der Waals surface area contributed by atoms with Crippen molar-refractivity contribution in [3.05, 3.63) is 0 Å². The summed E-state index contributed by atoms with van der Waals surface area (Å²) in [5.74, 6) is -1.17. The smallest absolute Gasteiger partial charge is 0.350 e. The Kier molecular flexibility index (Phi) is 7.47. The lowest BCUT2D eigenvalue weighted by Gasteiger charge is -2.19. The van der Waals surface area contributed by atoms with Crippen molar-refractivity contribution in [1.29, 1.82) is 0 Å². The van der Waals surface area contributed by atoms with Crippen molar-refractivity contribution in [2.75, 3.05) is 13.2 Å². The highest BCUT2D eigenvalue weighted by molar-refractivity contribution is 9.10. The Morgan fingerprint density at radius 2 is 1.56 bits per heavy atom. The van der Waals surface area contributed by atoms with Gasteiger partial charge in [-0.3, -0.25) is 4.79 Å². The molecule has 18 heavy (non-hydrogen) atoms. The van der Waals surface area contributed by atoms with Crippen LogP contribution < -0.4 is 0 Å². The summed E-state index contributed by atoms with van der Waals surface area (Å²) in [6.07, 6.45) is -0.476. The molecule has 0 aliphatic carbocycles. The lowest BCUT2D eigenvalue weighted by atomic mass is 10.2. The van der Waals surface area contributed by atoms with E-state index in [1.165, 1.54) is 0 Å². The number of rotatable bonds is 7. The van der Waals surface area contributed by atoms with Gasteiger partial charge in [0, 0.05) is 0 Å². The first kappa shape index (κ1) is 17.4. The number of carbonyl (C=O) groups is 2. The third-order valence-corrected chi connectivity index (χ3v) is 2.42. The molecule has 1 atom stereocenters. The molecule has 106 valence electrons. The van der Waals surface area contributed by atoms with Crippen LogP contribution in [0.1, 0.15) is 34.1 Å². The van der Waals surface area contributed by atoms with E-state index in [0.29, 0.717) is 0 Å². The van der Waals surface area contributed by atoms with E-state index in [2.05, 4.69) is 15.9 Å². The molecule has 5 nitrogen and oxygen atoms in total. The van der Waals surface area contributed by atoms with Crippen LogP contribution in [0, 0.1) is 11.8 Å². The van der Waals surface area contributed by atoms with Crippen LogP contribution in [0.3, 0.4) is 0 Å². The molecule has 0 amide bonds. The summed E-state index contributed by atoms with van der Waals surface area (Å²) in [6.45, 7) is 7.97. The van der Waals surface area contributed by atoms with Gasteiger partial charge in [0.2, 0.25) is 4.51 Å². The molecule has 0 aromatic carbocycles. The second-order valence-electron chi connectivity index (χ2n) is 5.01. The average Bonchev–Trinajstić information content (AvgIpc) is 2.22. The molecule has 0 saturated carbocycles. The number of carbonyl (C=O) groups excluding carboxylic acids is 2. The normalized spacial score (nSPS) is 14.4. The topological polar surface area (TPSA) is 72.8 Å². The standard InChI is InChI=1S/C12H21BrO5/c1-8(2)6-17-10(14)5-12(13,16)11(15)18-7-9(3)4/h8-9,16H,5-7H2,1-4H3. The summed E-state index contributed by atoms with van der Waals surface area (Å²) < 4.78 is 7.71. The van der Waals surface area contributed by atoms with Gasteiger partial charge in [0.1, 0.15) is 0 Å². The monoisotopic (exact) mass is 324 g/mol. The van der Waals surface area contributed by atoms with Gasteiger partial charge in [-0.1, -0.05) is 27.7 Å². The van der Waals surface area contributed by atoms with E-state index < -0.39 is 22.9 Å². The molecule has 0 radical (unpaired) electrons. The van der Waals surface area contributed by atoms with Gasteiger partial charge in [0.25, 0.3) is 0 Å². The summed E-state index contributed by atoms with van der Waals surface area (Å²) in [5.41, 5.74) is 0. The first-order valence-electron chi connectivity index (χ1n) is 5.89. The highest BCUT2D eigenvalue weighted by Gasteiger charge is 2.38. The largest absolute Gasteiger partial charge is 0.465 e. The highest BCUT2D eigenvalue weighted by Crippen LogP contribution is 2.22. The number of hydrogen-bond acceptors (Lipinski definition) is 5. The van der Waals surface area contributed by atoms with Crippen LogP contribution >= 0.6 is 15.9 Å². The zero-order chi connectivity index (χ0) is 14.3. The van der Waals surface area contributed by atoms with E-state index in [4.69, 9.17) is 9.47 Å². The summed E-state index contributed by atoms with van der Waals surface area (Å²) in [7, 11) is 0. The number of halogens is 1. The molecule has 0 fully saturated rings. The van der Waals surface area contributed by atoms with Crippen molar-refractivity contribution in [2.24, 2.45) is 11.8 Å². The summed E-state index contributed by atoms with van der Waals surface area (Å²) in [5, 5.41) is 9.77. The predicted octanol–water partition coefficient (Wildman–Crippen LogP) is 1.86. The van der Waals surface area contributed by atoms with Crippen LogP contribution in [0.15, 0.2) is 0 Å². The number of ether oxygens (including phenoxy) is 2. The van der Waals surface area contributed by atoms with Crippen molar-refractivity contribution in [2.45, 2.75) is 38.6 Å². The van der Waals surface area contributed by atoms with Gasteiger partial charge in [-0.15, -0.1) is 0 Å². The van der Waals surface area contributed by atoms with Crippen LogP contribution in [0.25, 0.3) is 0 Å². The van der Waals surface area contributed by atoms with E-state index in [-0.39, 0.29) is 25.0 Å². The molecular weight excluding hydrogens is 304 g/mol. The lowest BCUT2D eigenvalue weighted by Crippen LogP contribution is -2.37. The maximum atomic E-state index is 11.5. The minimum Gasteiger partial charge on any atom is -0.465 e. The van der Waals surface area contributed by atoms with Crippen LogP contribution in [0.2, 0.25) is 0 Å². The Bertz CT molecular complexity index is 286. The second kappa shape index (κ2) is 7.74. The molecule has 1 unspecified atom stereocenters. The van der Waals surface area contributed by atoms with Gasteiger partial charge in [0.05, 0.1) is 19.6 Å². The minimum absolute atomic E-state index is 0.158. The highest BCUT2D eigenvalue weighted by atomic mass is 79.9. The molecule has 0 heterocycles. The van der Waals surface area contributed by atoms with Crippen molar-refractivity contribution >= 4 is 27.9 Å². The molecule has 0 bridgehead atoms. The Morgan fingerprint density at radius 1 is 1.11 bits per heavy atom. The zero-order valence-electron chi connectivity index (χ0n) is 11.2. The molecule has 1 N–H and O–H groups in total. The molecule has 6 heteroatoms. The minimum atomic E-state index is -2.02. The molecule has 0 saturated heterocycles. The van der Waals surface area contributed by atoms with E-state index in [1.807, 2.05) is 27.7 Å². The maximum absolute atomic E-state index is 11.5. The van der Waals surface area contributed by atoms with E-state index in [9.17, 15) is 14.7 Å². The van der Waals surface area contributed by atoms with Gasteiger partial charge < -0.3 is 14.6 Å².